The predicted octanol–water partition coefficient (Wildman–Crippen LogP) is 3.89. The molecule has 0 fully saturated rings. The lowest BCUT2D eigenvalue weighted by atomic mass is 10.3. The molecule has 2 aromatic carbocycles. The summed E-state index contributed by atoms with van der Waals surface area (Å²) in [6.45, 7) is 0. The van der Waals surface area contributed by atoms with Crippen LogP contribution in [0.25, 0.3) is 0 Å². The number of phenolic OH excluding ortho intramolecular Hbond substituents is 1. The fourth-order valence-electron chi connectivity index (χ4n) is 1.42. The third-order valence-electron chi connectivity index (χ3n) is 2.33. The van der Waals surface area contributed by atoms with E-state index in [4.69, 9.17) is 5.11 Å². The van der Waals surface area contributed by atoms with Crippen LogP contribution >= 0.6 is 27.7 Å². The topological polar surface area (TPSA) is 49.3 Å². The van der Waals surface area contributed by atoms with Gasteiger partial charge in [-0.1, -0.05) is 15.9 Å². The summed E-state index contributed by atoms with van der Waals surface area (Å²) in [5.74, 6) is 0.505. The third kappa shape index (κ3) is 4.61. The van der Waals surface area contributed by atoms with Crippen molar-refractivity contribution in [2.24, 2.45) is 0 Å². The number of carbonyl (C=O) groups excluding carboxylic acids is 1. The largest absolute Gasteiger partial charge is 0.508 e. The molecule has 0 saturated carbocycles. The van der Waals surface area contributed by atoms with Gasteiger partial charge in [0.05, 0.1) is 5.75 Å². The summed E-state index contributed by atoms with van der Waals surface area (Å²) < 4.78 is 0.976. The molecule has 0 bridgehead atoms. The number of halogens is 1. The predicted molar refractivity (Wildman–Crippen MR) is 81.6 cm³/mol. The molecule has 2 aromatic rings. The van der Waals surface area contributed by atoms with Gasteiger partial charge in [0, 0.05) is 15.1 Å². The number of thioether (sulfide) groups is 1. The molecule has 0 unspecified atom stereocenters. The maximum absolute atomic E-state index is 11.7. The number of benzene rings is 2. The Bertz CT molecular complexity index is 555. The van der Waals surface area contributed by atoms with Gasteiger partial charge in [0.1, 0.15) is 5.75 Å². The van der Waals surface area contributed by atoms with Gasteiger partial charge in [-0.3, -0.25) is 4.79 Å². The minimum Gasteiger partial charge on any atom is -0.508 e. The zero-order valence-corrected chi connectivity index (χ0v) is 12.4. The van der Waals surface area contributed by atoms with Gasteiger partial charge in [0.2, 0.25) is 5.91 Å². The van der Waals surface area contributed by atoms with Crippen LogP contribution in [0.15, 0.2) is 57.9 Å². The van der Waals surface area contributed by atoms with E-state index in [0.717, 1.165) is 15.1 Å². The number of carbonyl (C=O) groups is 1. The van der Waals surface area contributed by atoms with Crippen molar-refractivity contribution < 1.29 is 9.90 Å². The van der Waals surface area contributed by atoms with Crippen LogP contribution in [0.2, 0.25) is 0 Å². The Balaban J connectivity index is 1.84. The molecule has 5 heteroatoms. The Labute approximate surface area is 124 Å². The monoisotopic (exact) mass is 337 g/mol. The maximum Gasteiger partial charge on any atom is 0.234 e. The van der Waals surface area contributed by atoms with Gasteiger partial charge in [-0.05, 0) is 48.5 Å². The van der Waals surface area contributed by atoms with Gasteiger partial charge < -0.3 is 10.4 Å². The van der Waals surface area contributed by atoms with Crippen molar-refractivity contribution >= 4 is 39.3 Å². The maximum atomic E-state index is 11.7. The molecule has 0 spiro atoms. The molecule has 0 radical (unpaired) electrons. The Morgan fingerprint density at radius 2 is 1.74 bits per heavy atom. The van der Waals surface area contributed by atoms with Gasteiger partial charge in [-0.25, -0.2) is 0 Å². The highest BCUT2D eigenvalue weighted by molar-refractivity contribution is 9.10. The van der Waals surface area contributed by atoms with Gasteiger partial charge in [0.25, 0.3) is 0 Å². The van der Waals surface area contributed by atoms with Crippen LogP contribution in [0.5, 0.6) is 5.75 Å². The van der Waals surface area contributed by atoms with E-state index in [1.165, 1.54) is 11.8 Å². The molecule has 0 aliphatic carbocycles. The second kappa shape index (κ2) is 6.63. The second-order valence-corrected chi connectivity index (χ2v) is 5.80. The van der Waals surface area contributed by atoms with Crippen molar-refractivity contribution in [2.45, 2.75) is 4.90 Å². The summed E-state index contributed by atoms with van der Waals surface area (Å²) >= 11 is 4.77. The fraction of sp³-hybridized carbons (Fsp3) is 0.0714. The van der Waals surface area contributed by atoms with Crippen molar-refractivity contribution in [3.05, 3.63) is 53.0 Å². The smallest absolute Gasteiger partial charge is 0.234 e. The number of rotatable bonds is 4. The molecule has 0 aliphatic heterocycles. The molecule has 0 saturated heterocycles. The average molecular weight is 338 g/mol. The third-order valence-corrected chi connectivity index (χ3v) is 3.88. The van der Waals surface area contributed by atoms with Crippen molar-refractivity contribution in [1.29, 1.82) is 0 Å². The number of nitrogens with one attached hydrogen (secondary N) is 1. The van der Waals surface area contributed by atoms with Crippen molar-refractivity contribution in [1.82, 2.24) is 0 Å². The Morgan fingerprint density at radius 3 is 2.37 bits per heavy atom. The molecule has 98 valence electrons. The van der Waals surface area contributed by atoms with Crippen LogP contribution in [-0.2, 0) is 4.79 Å². The number of hydrogen-bond acceptors (Lipinski definition) is 3. The van der Waals surface area contributed by atoms with Gasteiger partial charge in [-0.15, -0.1) is 11.8 Å². The summed E-state index contributed by atoms with van der Waals surface area (Å²) in [4.78, 5) is 12.7. The Morgan fingerprint density at radius 1 is 1.11 bits per heavy atom. The number of phenols is 1. The summed E-state index contributed by atoms with van der Waals surface area (Å²) in [7, 11) is 0. The highest BCUT2D eigenvalue weighted by Crippen LogP contribution is 2.21. The molecule has 19 heavy (non-hydrogen) atoms. The zero-order chi connectivity index (χ0) is 13.7. The first-order chi connectivity index (χ1) is 9.13. The van der Waals surface area contributed by atoms with E-state index in [-0.39, 0.29) is 11.7 Å². The van der Waals surface area contributed by atoms with Crippen LogP contribution in [-0.4, -0.2) is 16.8 Å². The molecular formula is C14H12BrNO2S. The van der Waals surface area contributed by atoms with E-state index in [9.17, 15) is 4.79 Å². The van der Waals surface area contributed by atoms with E-state index in [0.29, 0.717) is 5.75 Å². The van der Waals surface area contributed by atoms with E-state index in [1.807, 2.05) is 24.3 Å². The molecule has 2 N–H and O–H groups in total. The lowest BCUT2D eigenvalue weighted by Crippen LogP contribution is -2.13. The van der Waals surface area contributed by atoms with Crippen LogP contribution < -0.4 is 5.32 Å². The second-order valence-electron chi connectivity index (χ2n) is 3.84. The molecule has 3 nitrogen and oxygen atoms in total. The Hall–Kier alpha value is -1.46. The summed E-state index contributed by atoms with van der Waals surface area (Å²) in [5.41, 5.74) is 0.777. The van der Waals surface area contributed by atoms with E-state index in [1.54, 1.807) is 24.3 Å². The van der Waals surface area contributed by atoms with E-state index in [2.05, 4.69) is 21.2 Å². The van der Waals surface area contributed by atoms with Crippen LogP contribution in [0.1, 0.15) is 0 Å². The van der Waals surface area contributed by atoms with Gasteiger partial charge in [0.15, 0.2) is 0 Å². The van der Waals surface area contributed by atoms with E-state index >= 15 is 0 Å². The fourth-order valence-corrected chi connectivity index (χ4v) is 2.38. The standard InChI is InChI=1S/C14H12BrNO2S/c15-10-1-3-11(4-2-10)16-14(18)9-19-13-7-5-12(17)6-8-13/h1-8,17H,9H2,(H,16,18). The molecule has 0 aliphatic rings. The summed E-state index contributed by atoms with van der Waals surface area (Å²) in [6.07, 6.45) is 0. The van der Waals surface area contributed by atoms with Crippen LogP contribution in [0, 0.1) is 0 Å². The minimum absolute atomic E-state index is 0.0552. The molecule has 0 aromatic heterocycles. The van der Waals surface area contributed by atoms with Crippen LogP contribution in [0.3, 0.4) is 0 Å². The number of amides is 1. The normalized spacial score (nSPS) is 10.2. The van der Waals surface area contributed by atoms with Gasteiger partial charge in [-0.2, -0.15) is 0 Å². The highest BCUT2D eigenvalue weighted by Gasteiger charge is 2.03. The van der Waals surface area contributed by atoms with Crippen molar-refractivity contribution in [2.75, 3.05) is 11.1 Å². The number of hydrogen-bond donors (Lipinski definition) is 2. The molecule has 0 atom stereocenters. The molecular weight excluding hydrogens is 326 g/mol. The van der Waals surface area contributed by atoms with Gasteiger partial charge >= 0.3 is 0 Å². The zero-order valence-electron chi connectivity index (χ0n) is 9.97. The quantitative estimate of drug-likeness (QED) is 0.832. The first-order valence-electron chi connectivity index (χ1n) is 5.61. The van der Waals surface area contributed by atoms with Crippen LogP contribution in [0.4, 0.5) is 5.69 Å². The Kier molecular flexibility index (Phi) is 4.87. The number of anilines is 1. The van der Waals surface area contributed by atoms with Crippen molar-refractivity contribution in [3.63, 3.8) is 0 Å². The summed E-state index contributed by atoms with van der Waals surface area (Å²) in [5, 5.41) is 12.0. The van der Waals surface area contributed by atoms with E-state index < -0.39 is 0 Å². The molecule has 1 amide bonds. The molecule has 2 rings (SSSR count). The SMILES string of the molecule is O=C(CSc1ccc(O)cc1)Nc1ccc(Br)cc1. The van der Waals surface area contributed by atoms with Crippen molar-refractivity contribution in [3.8, 4) is 5.75 Å². The lowest BCUT2D eigenvalue weighted by molar-refractivity contribution is -0.113. The average Bonchev–Trinajstić information content (AvgIpc) is 2.41. The first kappa shape index (κ1) is 14.0. The molecule has 0 heterocycles. The lowest BCUT2D eigenvalue weighted by Gasteiger charge is -2.05. The minimum atomic E-state index is -0.0552. The highest BCUT2D eigenvalue weighted by atomic mass is 79.9. The number of aromatic hydroxyl groups is 1. The first-order valence-corrected chi connectivity index (χ1v) is 7.38. The summed E-state index contributed by atoms with van der Waals surface area (Å²) in [6, 6.07) is 14.2.